The number of hydrogen-bond donors (Lipinski definition) is 1. The third-order valence-corrected chi connectivity index (χ3v) is 4.66. The number of nitrogens with two attached hydrogens (primary N) is 1. The van der Waals surface area contributed by atoms with Gasteiger partial charge in [0.1, 0.15) is 0 Å². The first-order valence-corrected chi connectivity index (χ1v) is 7.19. The van der Waals surface area contributed by atoms with E-state index in [2.05, 4.69) is 73.1 Å². The summed E-state index contributed by atoms with van der Waals surface area (Å²) >= 11 is 3.58. The summed E-state index contributed by atoms with van der Waals surface area (Å²) in [6.45, 7) is 6.64. The van der Waals surface area contributed by atoms with E-state index in [1.807, 2.05) is 0 Å². The summed E-state index contributed by atoms with van der Waals surface area (Å²) in [4.78, 5) is 0. The maximum Gasteiger partial charge on any atom is 0.0346 e. The zero-order valence-corrected chi connectivity index (χ0v) is 12.8. The highest BCUT2D eigenvalue weighted by molar-refractivity contribution is 9.10. The Kier molecular flexibility index (Phi) is 3.79. The minimum absolute atomic E-state index is 0.0749. The van der Waals surface area contributed by atoms with Crippen LogP contribution in [0.3, 0.4) is 0 Å². The Morgan fingerprint density at radius 3 is 2.61 bits per heavy atom. The van der Waals surface area contributed by atoms with Crippen molar-refractivity contribution in [1.82, 2.24) is 0 Å². The lowest BCUT2D eigenvalue weighted by molar-refractivity contribution is 0.278. The molecule has 0 radical (unpaired) electrons. The molecule has 0 fully saturated rings. The van der Waals surface area contributed by atoms with Gasteiger partial charge >= 0.3 is 0 Å². The van der Waals surface area contributed by atoms with Crippen LogP contribution in [-0.4, -0.2) is 0 Å². The Bertz CT molecular complexity index is 560. The molecule has 0 spiro atoms. The molecule has 0 aromatic heterocycles. The number of hydrogen-bond acceptors (Lipinski definition) is 1. The second kappa shape index (κ2) is 5.02. The highest BCUT2D eigenvalue weighted by atomic mass is 79.9. The molecule has 96 valence electrons. The van der Waals surface area contributed by atoms with Crippen molar-refractivity contribution >= 4 is 26.7 Å². The molecule has 0 heterocycles. The molecule has 1 nitrogen and oxygen atoms in total. The zero-order chi connectivity index (χ0) is 13.3. The monoisotopic (exact) mass is 305 g/mol. The van der Waals surface area contributed by atoms with Crippen molar-refractivity contribution in [2.24, 2.45) is 11.1 Å². The molecular weight excluding hydrogens is 286 g/mol. The van der Waals surface area contributed by atoms with E-state index in [0.717, 1.165) is 10.9 Å². The fourth-order valence-electron chi connectivity index (χ4n) is 2.13. The second-order valence-corrected chi connectivity index (χ2v) is 6.39. The molecule has 0 bridgehead atoms. The van der Waals surface area contributed by atoms with Crippen LogP contribution in [0.25, 0.3) is 10.8 Å². The molecular formula is C16H20BrN. The molecule has 0 amide bonds. The predicted octanol–water partition coefficient (Wildman–Crippen LogP) is 5.04. The van der Waals surface area contributed by atoms with E-state index in [1.54, 1.807) is 0 Å². The van der Waals surface area contributed by atoms with Crippen molar-refractivity contribution in [1.29, 1.82) is 0 Å². The lowest BCUT2D eigenvalue weighted by Crippen LogP contribution is -2.28. The molecule has 2 aromatic carbocycles. The Balaban J connectivity index is 2.48. The van der Waals surface area contributed by atoms with Gasteiger partial charge in [-0.3, -0.25) is 0 Å². The van der Waals surface area contributed by atoms with E-state index in [9.17, 15) is 0 Å². The SMILES string of the molecule is CCC(C)(C)C(N)c1ccc2c(Br)cccc2c1. The Labute approximate surface area is 118 Å². The fraction of sp³-hybridized carbons (Fsp3) is 0.375. The molecule has 1 unspecified atom stereocenters. The largest absolute Gasteiger partial charge is 0.324 e. The molecule has 1 atom stereocenters. The average Bonchev–Trinajstić information content (AvgIpc) is 2.37. The van der Waals surface area contributed by atoms with Crippen LogP contribution in [0.1, 0.15) is 38.8 Å². The average molecular weight is 306 g/mol. The summed E-state index contributed by atoms with van der Waals surface area (Å²) in [6.07, 6.45) is 1.07. The summed E-state index contributed by atoms with van der Waals surface area (Å²) in [5.41, 5.74) is 7.74. The normalized spacial score (nSPS) is 13.8. The molecule has 2 N–H and O–H groups in total. The van der Waals surface area contributed by atoms with Gasteiger partial charge in [-0.05, 0) is 40.3 Å². The topological polar surface area (TPSA) is 26.0 Å². The van der Waals surface area contributed by atoms with Crippen LogP contribution in [0.4, 0.5) is 0 Å². The summed E-state index contributed by atoms with van der Waals surface area (Å²) in [6, 6.07) is 12.9. The van der Waals surface area contributed by atoms with Crippen LogP contribution in [0.2, 0.25) is 0 Å². The van der Waals surface area contributed by atoms with Crippen molar-refractivity contribution in [3.05, 3.63) is 46.4 Å². The van der Waals surface area contributed by atoms with E-state index >= 15 is 0 Å². The molecule has 0 saturated heterocycles. The van der Waals surface area contributed by atoms with E-state index in [-0.39, 0.29) is 11.5 Å². The van der Waals surface area contributed by atoms with Gasteiger partial charge in [0, 0.05) is 10.5 Å². The van der Waals surface area contributed by atoms with Gasteiger partial charge in [-0.15, -0.1) is 0 Å². The minimum atomic E-state index is 0.0749. The van der Waals surface area contributed by atoms with E-state index in [4.69, 9.17) is 5.73 Å². The lowest BCUT2D eigenvalue weighted by atomic mass is 9.78. The standard InChI is InChI=1S/C16H20BrN/c1-4-16(2,3)15(18)12-8-9-13-11(10-12)6-5-7-14(13)17/h5-10,15H,4,18H2,1-3H3. The number of benzene rings is 2. The molecule has 0 aliphatic rings. The fourth-order valence-corrected chi connectivity index (χ4v) is 2.64. The first kappa shape index (κ1) is 13.6. The highest BCUT2D eigenvalue weighted by Crippen LogP contribution is 2.36. The van der Waals surface area contributed by atoms with E-state index in [1.165, 1.54) is 16.3 Å². The van der Waals surface area contributed by atoms with Gasteiger partial charge in [0.15, 0.2) is 0 Å². The lowest BCUT2D eigenvalue weighted by Gasteiger charge is -2.31. The van der Waals surface area contributed by atoms with Crippen LogP contribution in [-0.2, 0) is 0 Å². The number of fused-ring (bicyclic) bond motifs is 1. The van der Waals surface area contributed by atoms with Crippen LogP contribution < -0.4 is 5.73 Å². The van der Waals surface area contributed by atoms with Crippen molar-refractivity contribution in [2.45, 2.75) is 33.2 Å². The molecule has 18 heavy (non-hydrogen) atoms. The van der Waals surface area contributed by atoms with Gasteiger partial charge in [0.05, 0.1) is 0 Å². The van der Waals surface area contributed by atoms with Gasteiger partial charge in [-0.25, -0.2) is 0 Å². The Hall–Kier alpha value is -0.860. The maximum absolute atomic E-state index is 6.40. The van der Waals surface area contributed by atoms with Crippen LogP contribution in [0.15, 0.2) is 40.9 Å². The summed E-state index contributed by atoms with van der Waals surface area (Å²) in [5, 5.41) is 2.48. The molecule has 0 aliphatic carbocycles. The first-order valence-electron chi connectivity index (χ1n) is 6.39. The first-order chi connectivity index (χ1) is 8.45. The van der Waals surface area contributed by atoms with Crippen molar-refractivity contribution < 1.29 is 0 Å². The van der Waals surface area contributed by atoms with E-state index in [0.29, 0.717) is 0 Å². The molecule has 0 saturated carbocycles. The number of rotatable bonds is 3. The highest BCUT2D eigenvalue weighted by Gasteiger charge is 2.25. The van der Waals surface area contributed by atoms with Gasteiger partial charge < -0.3 is 5.73 Å². The maximum atomic E-state index is 6.40. The van der Waals surface area contributed by atoms with Gasteiger partial charge in [-0.2, -0.15) is 0 Å². The minimum Gasteiger partial charge on any atom is -0.324 e. The zero-order valence-electron chi connectivity index (χ0n) is 11.2. The van der Waals surface area contributed by atoms with Crippen LogP contribution in [0, 0.1) is 5.41 Å². The third-order valence-electron chi connectivity index (χ3n) is 3.96. The summed E-state index contributed by atoms with van der Waals surface area (Å²) in [5.74, 6) is 0. The van der Waals surface area contributed by atoms with Crippen molar-refractivity contribution in [2.75, 3.05) is 0 Å². The molecule has 0 aliphatic heterocycles. The van der Waals surface area contributed by atoms with Gasteiger partial charge in [0.25, 0.3) is 0 Å². The number of halogens is 1. The Morgan fingerprint density at radius 1 is 1.22 bits per heavy atom. The smallest absolute Gasteiger partial charge is 0.0346 e. The van der Waals surface area contributed by atoms with Gasteiger partial charge in [0.2, 0.25) is 0 Å². The van der Waals surface area contributed by atoms with Crippen molar-refractivity contribution in [3.63, 3.8) is 0 Å². The summed E-state index contributed by atoms with van der Waals surface area (Å²) < 4.78 is 1.13. The second-order valence-electron chi connectivity index (χ2n) is 5.54. The molecule has 2 aromatic rings. The Morgan fingerprint density at radius 2 is 1.94 bits per heavy atom. The predicted molar refractivity (Wildman–Crippen MR) is 82.6 cm³/mol. The van der Waals surface area contributed by atoms with Crippen molar-refractivity contribution in [3.8, 4) is 0 Å². The quantitative estimate of drug-likeness (QED) is 0.845. The third kappa shape index (κ3) is 2.45. The molecule has 2 rings (SSSR count). The van der Waals surface area contributed by atoms with E-state index < -0.39 is 0 Å². The summed E-state index contributed by atoms with van der Waals surface area (Å²) in [7, 11) is 0. The van der Waals surface area contributed by atoms with Crippen LogP contribution >= 0.6 is 15.9 Å². The van der Waals surface area contributed by atoms with Crippen LogP contribution in [0.5, 0.6) is 0 Å². The molecule has 2 heteroatoms. The van der Waals surface area contributed by atoms with Gasteiger partial charge in [-0.1, -0.05) is 61.0 Å².